The van der Waals surface area contributed by atoms with Gasteiger partial charge in [0.25, 0.3) is 5.91 Å². The van der Waals surface area contributed by atoms with Crippen LogP contribution in [0.5, 0.6) is 0 Å². The first kappa shape index (κ1) is 14.2. The zero-order chi connectivity index (χ0) is 14.7. The lowest BCUT2D eigenvalue weighted by Gasteiger charge is -2.21. The van der Waals surface area contributed by atoms with Crippen molar-refractivity contribution in [1.82, 2.24) is 15.1 Å². The van der Waals surface area contributed by atoms with Crippen LogP contribution >= 0.6 is 0 Å². The van der Waals surface area contributed by atoms with E-state index in [4.69, 9.17) is 5.11 Å². The van der Waals surface area contributed by atoms with Crippen LogP contribution in [-0.4, -0.2) is 58.3 Å². The Kier molecular flexibility index (Phi) is 4.16. The van der Waals surface area contributed by atoms with Crippen molar-refractivity contribution >= 4 is 17.7 Å². The summed E-state index contributed by atoms with van der Waals surface area (Å²) in [5.74, 6) is -0.740. The molecule has 7 nitrogen and oxygen atoms in total. The third kappa shape index (κ3) is 2.87. The van der Waals surface area contributed by atoms with Gasteiger partial charge in [0.1, 0.15) is 6.04 Å². The van der Waals surface area contributed by atoms with Crippen LogP contribution in [0.2, 0.25) is 0 Å². The molecule has 2 rings (SSSR count). The Morgan fingerprint density at radius 1 is 1.30 bits per heavy atom. The zero-order valence-electron chi connectivity index (χ0n) is 11.6. The highest BCUT2D eigenvalue weighted by Crippen LogP contribution is 2.17. The van der Waals surface area contributed by atoms with E-state index in [1.165, 1.54) is 14.0 Å². The lowest BCUT2D eigenvalue weighted by Crippen LogP contribution is -2.40. The largest absolute Gasteiger partial charge is 0.480 e. The van der Waals surface area contributed by atoms with Crippen molar-refractivity contribution in [2.24, 2.45) is 0 Å². The highest BCUT2D eigenvalue weighted by atomic mass is 16.4. The minimum absolute atomic E-state index is 0.156. The molecule has 1 saturated heterocycles. The van der Waals surface area contributed by atoms with Crippen LogP contribution in [0.25, 0.3) is 0 Å². The van der Waals surface area contributed by atoms with E-state index in [9.17, 15) is 9.59 Å². The minimum Gasteiger partial charge on any atom is -0.480 e. The number of hydrogen-bond donors (Lipinski definition) is 1. The number of rotatable bonds is 4. The number of amides is 1. The van der Waals surface area contributed by atoms with Crippen molar-refractivity contribution < 1.29 is 14.7 Å². The molecule has 0 aliphatic carbocycles. The summed E-state index contributed by atoms with van der Waals surface area (Å²) >= 11 is 0. The summed E-state index contributed by atoms with van der Waals surface area (Å²) in [6.45, 7) is 3.36. The fourth-order valence-corrected chi connectivity index (χ4v) is 2.08. The second-order valence-electron chi connectivity index (χ2n) is 4.90. The summed E-state index contributed by atoms with van der Waals surface area (Å²) in [7, 11) is 1.44. The van der Waals surface area contributed by atoms with Gasteiger partial charge in [-0.2, -0.15) is 0 Å². The maximum atomic E-state index is 12.1. The Morgan fingerprint density at radius 3 is 2.45 bits per heavy atom. The van der Waals surface area contributed by atoms with E-state index in [1.807, 2.05) is 0 Å². The average Bonchev–Trinajstić information content (AvgIpc) is 2.99. The molecule has 1 aliphatic rings. The van der Waals surface area contributed by atoms with Crippen LogP contribution in [0.3, 0.4) is 0 Å². The summed E-state index contributed by atoms with van der Waals surface area (Å²) in [5, 5.41) is 16.9. The Bertz CT molecular complexity index is 497. The monoisotopic (exact) mass is 278 g/mol. The first-order valence-corrected chi connectivity index (χ1v) is 6.59. The second-order valence-corrected chi connectivity index (χ2v) is 4.90. The average molecular weight is 278 g/mol. The maximum Gasteiger partial charge on any atom is 0.326 e. The Balaban J connectivity index is 2.09. The topological polar surface area (TPSA) is 86.6 Å². The van der Waals surface area contributed by atoms with E-state index in [1.54, 1.807) is 12.1 Å². The first-order chi connectivity index (χ1) is 9.50. The van der Waals surface area contributed by atoms with Crippen LogP contribution in [0, 0.1) is 0 Å². The lowest BCUT2D eigenvalue weighted by molar-refractivity contribution is -0.141. The quantitative estimate of drug-likeness (QED) is 0.869. The predicted octanol–water partition coefficient (Wildman–Crippen LogP) is 0.622. The van der Waals surface area contributed by atoms with Gasteiger partial charge in [-0.3, -0.25) is 4.79 Å². The smallest absolute Gasteiger partial charge is 0.326 e. The number of carboxylic acid groups (broad SMARTS) is 1. The summed E-state index contributed by atoms with van der Waals surface area (Å²) in [4.78, 5) is 26.2. The maximum absolute atomic E-state index is 12.1. The van der Waals surface area contributed by atoms with E-state index in [0.717, 1.165) is 36.6 Å². The lowest BCUT2D eigenvalue weighted by atomic mass is 10.2. The van der Waals surface area contributed by atoms with E-state index in [-0.39, 0.29) is 5.69 Å². The van der Waals surface area contributed by atoms with Gasteiger partial charge in [0.05, 0.1) is 0 Å². The molecule has 1 amide bonds. The van der Waals surface area contributed by atoms with E-state index >= 15 is 0 Å². The third-order valence-electron chi connectivity index (χ3n) is 3.56. The molecule has 1 aromatic rings. The number of nitrogens with zero attached hydrogens (tertiary/aromatic N) is 4. The molecule has 2 heterocycles. The number of likely N-dealkylation sites (N-methyl/N-ethyl adjacent to an activating group) is 1. The Labute approximate surface area is 117 Å². The van der Waals surface area contributed by atoms with Crippen LogP contribution in [0.4, 0.5) is 5.82 Å². The molecule has 20 heavy (non-hydrogen) atoms. The normalized spacial score (nSPS) is 16.0. The molecular formula is C13H18N4O3. The summed E-state index contributed by atoms with van der Waals surface area (Å²) in [6, 6.07) is 2.45. The van der Waals surface area contributed by atoms with Gasteiger partial charge in [0.15, 0.2) is 11.5 Å². The predicted molar refractivity (Wildman–Crippen MR) is 72.7 cm³/mol. The third-order valence-corrected chi connectivity index (χ3v) is 3.56. The molecule has 108 valence electrons. The second kappa shape index (κ2) is 5.85. The molecule has 1 N–H and O–H groups in total. The number of aromatic nitrogens is 2. The molecule has 0 bridgehead atoms. The zero-order valence-corrected chi connectivity index (χ0v) is 11.6. The molecule has 1 aliphatic heterocycles. The molecule has 0 radical (unpaired) electrons. The van der Waals surface area contributed by atoms with Gasteiger partial charge in [0, 0.05) is 20.1 Å². The highest BCUT2D eigenvalue weighted by molar-refractivity contribution is 5.94. The van der Waals surface area contributed by atoms with Gasteiger partial charge in [-0.1, -0.05) is 0 Å². The van der Waals surface area contributed by atoms with Crippen molar-refractivity contribution in [3.8, 4) is 0 Å². The molecule has 0 unspecified atom stereocenters. The number of hydrogen-bond acceptors (Lipinski definition) is 5. The van der Waals surface area contributed by atoms with Gasteiger partial charge >= 0.3 is 5.97 Å². The van der Waals surface area contributed by atoms with E-state index in [2.05, 4.69) is 15.1 Å². The van der Waals surface area contributed by atoms with Crippen LogP contribution in [0.1, 0.15) is 30.3 Å². The van der Waals surface area contributed by atoms with Crippen LogP contribution in [-0.2, 0) is 4.79 Å². The van der Waals surface area contributed by atoms with Gasteiger partial charge in [0.2, 0.25) is 0 Å². The van der Waals surface area contributed by atoms with Crippen LogP contribution in [0.15, 0.2) is 12.1 Å². The summed E-state index contributed by atoms with van der Waals surface area (Å²) < 4.78 is 0. The molecule has 7 heteroatoms. The molecule has 1 atom stereocenters. The molecule has 0 aromatic carbocycles. The van der Waals surface area contributed by atoms with Crippen molar-refractivity contribution in [1.29, 1.82) is 0 Å². The van der Waals surface area contributed by atoms with Crippen molar-refractivity contribution in [2.45, 2.75) is 25.8 Å². The Hall–Kier alpha value is -2.18. The number of carbonyl (C=O) groups is 2. The van der Waals surface area contributed by atoms with Gasteiger partial charge < -0.3 is 14.9 Å². The fourth-order valence-electron chi connectivity index (χ4n) is 2.08. The SMILES string of the molecule is C[C@@H](C(=O)O)N(C)C(=O)c1ccc(N2CCCC2)nn1. The van der Waals surface area contributed by atoms with Crippen molar-refractivity contribution in [2.75, 3.05) is 25.0 Å². The van der Waals surface area contributed by atoms with Crippen molar-refractivity contribution in [3.63, 3.8) is 0 Å². The summed E-state index contributed by atoms with van der Waals surface area (Å²) in [6.07, 6.45) is 2.28. The molecule has 0 saturated carbocycles. The highest BCUT2D eigenvalue weighted by Gasteiger charge is 2.24. The van der Waals surface area contributed by atoms with Gasteiger partial charge in [-0.15, -0.1) is 10.2 Å². The molecular weight excluding hydrogens is 260 g/mol. The molecule has 0 spiro atoms. The Morgan fingerprint density at radius 2 is 1.95 bits per heavy atom. The van der Waals surface area contributed by atoms with Crippen LogP contribution < -0.4 is 4.90 Å². The van der Waals surface area contributed by atoms with Gasteiger partial charge in [-0.05, 0) is 31.9 Å². The number of aliphatic carboxylic acids is 1. The fraction of sp³-hybridized carbons (Fsp3) is 0.538. The number of carbonyl (C=O) groups excluding carboxylic acids is 1. The number of anilines is 1. The van der Waals surface area contributed by atoms with E-state index < -0.39 is 17.9 Å². The summed E-state index contributed by atoms with van der Waals surface area (Å²) in [5.41, 5.74) is 0.156. The van der Waals surface area contributed by atoms with Gasteiger partial charge in [-0.25, -0.2) is 4.79 Å². The standard InChI is InChI=1S/C13H18N4O3/c1-9(13(19)20)16(2)12(18)10-5-6-11(15-14-10)17-7-3-4-8-17/h5-6,9H,3-4,7-8H2,1-2H3,(H,19,20)/t9-/m0/s1. The molecule has 1 aromatic heterocycles. The number of carboxylic acids is 1. The first-order valence-electron chi connectivity index (χ1n) is 6.59. The van der Waals surface area contributed by atoms with E-state index in [0.29, 0.717) is 0 Å². The van der Waals surface area contributed by atoms with Crippen molar-refractivity contribution in [3.05, 3.63) is 17.8 Å². The molecule has 1 fully saturated rings. The minimum atomic E-state index is -1.05.